The number of aromatic nitrogens is 2. The molecule has 0 atom stereocenters. The van der Waals surface area contributed by atoms with Crippen molar-refractivity contribution in [2.45, 2.75) is 4.90 Å². The molecule has 0 unspecified atom stereocenters. The minimum atomic E-state index is -3.76. The Balaban J connectivity index is 2.38. The molecule has 0 saturated carbocycles. The highest BCUT2D eigenvalue weighted by atomic mass is 32.2. The van der Waals surface area contributed by atoms with Gasteiger partial charge in [-0.15, -0.1) is 0 Å². The molecule has 0 amide bonds. The Morgan fingerprint density at radius 2 is 2.29 bits per heavy atom. The largest absolute Gasteiger partial charge is 0.495 e. The SMILES string of the molecule is COc1ccc(C#CCO)cc1NS(=O)(=O)c1cn[nH]c1. The molecule has 0 bridgehead atoms. The lowest BCUT2D eigenvalue weighted by Crippen LogP contribution is -2.13. The van der Waals surface area contributed by atoms with Crippen molar-refractivity contribution >= 4 is 15.7 Å². The number of aliphatic hydroxyl groups is 1. The quantitative estimate of drug-likeness (QED) is 0.716. The van der Waals surface area contributed by atoms with E-state index in [4.69, 9.17) is 9.84 Å². The molecule has 2 rings (SSSR count). The van der Waals surface area contributed by atoms with Gasteiger partial charge < -0.3 is 9.84 Å². The van der Waals surface area contributed by atoms with E-state index in [0.717, 1.165) is 0 Å². The molecule has 0 aliphatic rings. The zero-order valence-electron chi connectivity index (χ0n) is 11.1. The Morgan fingerprint density at radius 3 is 2.90 bits per heavy atom. The number of hydrogen-bond donors (Lipinski definition) is 3. The van der Waals surface area contributed by atoms with Gasteiger partial charge in [0.15, 0.2) is 0 Å². The number of benzene rings is 1. The Morgan fingerprint density at radius 1 is 1.48 bits per heavy atom. The minimum Gasteiger partial charge on any atom is -0.495 e. The number of H-pyrrole nitrogens is 1. The van der Waals surface area contributed by atoms with Gasteiger partial charge in [-0.1, -0.05) is 11.8 Å². The molecule has 7 nitrogen and oxygen atoms in total. The maximum atomic E-state index is 12.2. The molecule has 1 aromatic heterocycles. The first-order chi connectivity index (χ1) is 10.1. The maximum absolute atomic E-state index is 12.2. The molecule has 110 valence electrons. The summed E-state index contributed by atoms with van der Waals surface area (Å²) in [5, 5.41) is 14.7. The van der Waals surface area contributed by atoms with Gasteiger partial charge in [-0.25, -0.2) is 8.42 Å². The lowest BCUT2D eigenvalue weighted by atomic mass is 10.2. The second-order valence-electron chi connectivity index (χ2n) is 3.91. The topological polar surface area (TPSA) is 104 Å². The Bertz CT molecular complexity index is 773. The van der Waals surface area contributed by atoms with Crippen LogP contribution in [0.5, 0.6) is 5.75 Å². The second-order valence-corrected chi connectivity index (χ2v) is 5.60. The fourth-order valence-corrected chi connectivity index (χ4v) is 2.56. The highest BCUT2D eigenvalue weighted by Crippen LogP contribution is 2.27. The lowest BCUT2D eigenvalue weighted by Gasteiger charge is -2.11. The van der Waals surface area contributed by atoms with E-state index >= 15 is 0 Å². The molecule has 3 N–H and O–H groups in total. The summed E-state index contributed by atoms with van der Waals surface area (Å²) in [7, 11) is -2.33. The van der Waals surface area contributed by atoms with Gasteiger partial charge in [0.1, 0.15) is 17.3 Å². The third kappa shape index (κ3) is 3.53. The number of hydrogen-bond acceptors (Lipinski definition) is 5. The Labute approximate surface area is 122 Å². The van der Waals surface area contributed by atoms with Crippen LogP contribution in [0.25, 0.3) is 0 Å². The molecule has 0 aliphatic heterocycles. The van der Waals surface area contributed by atoms with Crippen molar-refractivity contribution in [1.29, 1.82) is 0 Å². The van der Waals surface area contributed by atoms with Gasteiger partial charge >= 0.3 is 0 Å². The number of aliphatic hydroxyl groups excluding tert-OH is 1. The monoisotopic (exact) mass is 307 g/mol. The fourth-order valence-electron chi connectivity index (χ4n) is 1.60. The number of anilines is 1. The summed E-state index contributed by atoms with van der Waals surface area (Å²) in [5.74, 6) is 5.55. The van der Waals surface area contributed by atoms with Crippen LogP contribution >= 0.6 is 0 Å². The number of rotatable bonds is 4. The van der Waals surface area contributed by atoms with E-state index in [1.165, 1.54) is 25.6 Å². The van der Waals surface area contributed by atoms with Crippen LogP contribution in [0.3, 0.4) is 0 Å². The zero-order valence-corrected chi connectivity index (χ0v) is 11.9. The highest BCUT2D eigenvalue weighted by Gasteiger charge is 2.17. The molecule has 2 aromatic rings. The van der Waals surface area contributed by atoms with Crippen LogP contribution in [-0.2, 0) is 10.0 Å². The molecule has 0 radical (unpaired) electrons. The van der Waals surface area contributed by atoms with Crippen molar-refractivity contribution in [1.82, 2.24) is 10.2 Å². The normalized spacial score (nSPS) is 10.6. The van der Waals surface area contributed by atoms with Gasteiger partial charge in [0.25, 0.3) is 10.0 Å². The van der Waals surface area contributed by atoms with Crippen molar-refractivity contribution in [3.05, 3.63) is 36.2 Å². The van der Waals surface area contributed by atoms with Crippen LogP contribution < -0.4 is 9.46 Å². The third-order valence-corrected chi connectivity index (χ3v) is 3.87. The summed E-state index contributed by atoms with van der Waals surface area (Å²) < 4.78 is 31.8. The van der Waals surface area contributed by atoms with Crippen LogP contribution in [0.4, 0.5) is 5.69 Å². The molecule has 8 heteroatoms. The lowest BCUT2D eigenvalue weighted by molar-refractivity contribution is 0.350. The van der Waals surface area contributed by atoms with E-state index in [1.54, 1.807) is 12.1 Å². The summed E-state index contributed by atoms with van der Waals surface area (Å²) in [6.07, 6.45) is 2.47. The molecule has 0 saturated heterocycles. The fraction of sp³-hybridized carbons (Fsp3) is 0.154. The molecular formula is C13H13N3O4S. The summed E-state index contributed by atoms with van der Waals surface area (Å²) in [5.41, 5.74) is 0.804. The van der Waals surface area contributed by atoms with Gasteiger partial charge in [0, 0.05) is 11.8 Å². The van der Waals surface area contributed by atoms with Gasteiger partial charge in [-0.3, -0.25) is 9.82 Å². The van der Waals surface area contributed by atoms with Crippen LogP contribution in [0.15, 0.2) is 35.5 Å². The van der Waals surface area contributed by atoms with E-state index in [2.05, 4.69) is 26.8 Å². The Hall–Kier alpha value is -2.50. The third-order valence-electron chi connectivity index (χ3n) is 2.54. The van der Waals surface area contributed by atoms with E-state index in [-0.39, 0.29) is 17.2 Å². The molecule has 1 aromatic carbocycles. The van der Waals surface area contributed by atoms with Crippen LogP contribution in [0.1, 0.15) is 5.56 Å². The first kappa shape index (κ1) is 14.9. The number of nitrogens with zero attached hydrogens (tertiary/aromatic N) is 1. The summed E-state index contributed by atoms with van der Waals surface area (Å²) in [6.45, 7) is -0.276. The highest BCUT2D eigenvalue weighted by molar-refractivity contribution is 7.92. The van der Waals surface area contributed by atoms with E-state index in [9.17, 15) is 8.42 Å². The second kappa shape index (κ2) is 6.30. The van der Waals surface area contributed by atoms with Gasteiger partial charge in [0.2, 0.25) is 0 Å². The molecule has 0 aliphatic carbocycles. The van der Waals surface area contributed by atoms with Gasteiger partial charge in [-0.05, 0) is 18.2 Å². The smallest absolute Gasteiger partial charge is 0.265 e. The Kier molecular flexibility index (Phi) is 4.47. The van der Waals surface area contributed by atoms with E-state index < -0.39 is 10.0 Å². The number of ether oxygens (including phenoxy) is 1. The number of aromatic amines is 1. The first-order valence-electron chi connectivity index (χ1n) is 5.86. The van der Waals surface area contributed by atoms with Crippen LogP contribution in [0, 0.1) is 11.8 Å². The summed E-state index contributed by atoms with van der Waals surface area (Å²) >= 11 is 0. The summed E-state index contributed by atoms with van der Waals surface area (Å²) in [6, 6.07) is 4.78. The van der Waals surface area contributed by atoms with E-state index in [1.807, 2.05) is 0 Å². The standard InChI is InChI=1S/C13H13N3O4S/c1-20-13-5-4-10(3-2-6-17)7-12(13)16-21(18,19)11-8-14-15-9-11/h4-5,7-9,16-17H,6H2,1H3,(H,14,15). The minimum absolute atomic E-state index is 0.0106. The van der Waals surface area contributed by atoms with Crippen LogP contribution in [-0.4, -0.2) is 37.4 Å². The van der Waals surface area contributed by atoms with Crippen molar-refractivity contribution < 1.29 is 18.3 Å². The predicted molar refractivity (Wildman–Crippen MR) is 76.4 cm³/mol. The number of nitrogens with one attached hydrogen (secondary N) is 2. The molecule has 21 heavy (non-hydrogen) atoms. The van der Waals surface area contributed by atoms with Crippen LogP contribution in [0.2, 0.25) is 0 Å². The average molecular weight is 307 g/mol. The van der Waals surface area contributed by atoms with Gasteiger partial charge in [-0.2, -0.15) is 5.10 Å². The zero-order chi connectivity index (χ0) is 15.3. The van der Waals surface area contributed by atoms with Crippen molar-refractivity contribution in [2.75, 3.05) is 18.4 Å². The molecule has 1 heterocycles. The van der Waals surface area contributed by atoms with Crippen molar-refractivity contribution in [3.8, 4) is 17.6 Å². The predicted octanol–water partition coefficient (Wildman–Crippen LogP) is 0.563. The molecule has 0 spiro atoms. The van der Waals surface area contributed by atoms with Gasteiger partial charge in [0.05, 0.1) is 19.0 Å². The average Bonchev–Trinajstić information content (AvgIpc) is 3.00. The first-order valence-corrected chi connectivity index (χ1v) is 7.34. The van der Waals surface area contributed by atoms with Crippen molar-refractivity contribution in [3.63, 3.8) is 0 Å². The molecule has 0 fully saturated rings. The number of methoxy groups -OCH3 is 1. The maximum Gasteiger partial charge on any atom is 0.265 e. The molecular weight excluding hydrogens is 294 g/mol. The van der Waals surface area contributed by atoms with Crippen molar-refractivity contribution in [2.24, 2.45) is 0 Å². The van der Waals surface area contributed by atoms with E-state index in [0.29, 0.717) is 11.3 Å². The summed E-state index contributed by atoms with van der Waals surface area (Å²) in [4.78, 5) is 0.0106. The number of sulfonamides is 1.